The Morgan fingerprint density at radius 2 is 1.06 bits per heavy atom. The lowest BCUT2D eigenvalue weighted by atomic mass is 9.64. The van der Waals surface area contributed by atoms with Gasteiger partial charge in [0.25, 0.3) is 17.7 Å². The van der Waals surface area contributed by atoms with E-state index < -0.39 is 5.92 Å². The van der Waals surface area contributed by atoms with E-state index in [9.17, 15) is 19.2 Å². The van der Waals surface area contributed by atoms with Crippen LogP contribution in [0, 0.1) is 5.92 Å². The molecule has 0 aromatic heterocycles. The van der Waals surface area contributed by atoms with Crippen molar-refractivity contribution in [2.24, 2.45) is 5.92 Å². The summed E-state index contributed by atoms with van der Waals surface area (Å²) in [6, 6.07) is 36.3. The number of hydrogen-bond donors (Lipinski definition) is 0. The fraction of sp³-hybridized carbons (Fsp3) is 0.207. The van der Waals surface area contributed by atoms with Crippen LogP contribution in [0.1, 0.15) is 88.4 Å². The molecule has 3 aliphatic carbocycles. The van der Waals surface area contributed by atoms with Crippen molar-refractivity contribution in [2.45, 2.75) is 45.4 Å². The third kappa shape index (κ3) is 5.90. The Bertz CT molecular complexity index is 3240. The van der Waals surface area contributed by atoms with Gasteiger partial charge in [-0.25, -0.2) is 9.80 Å². The third-order valence-corrected chi connectivity index (χ3v) is 14.2. The first-order valence-corrected chi connectivity index (χ1v) is 22.8. The van der Waals surface area contributed by atoms with Gasteiger partial charge in [0.2, 0.25) is 5.91 Å². The molecule has 0 bridgehead atoms. The maximum absolute atomic E-state index is 14.8. The summed E-state index contributed by atoms with van der Waals surface area (Å²) >= 11 is 0. The molecule has 66 heavy (non-hydrogen) atoms. The van der Waals surface area contributed by atoms with Crippen molar-refractivity contribution in [1.29, 1.82) is 0 Å². The zero-order valence-electron chi connectivity index (χ0n) is 38.4. The Labute approximate surface area is 385 Å². The second-order valence-electron chi connectivity index (χ2n) is 19.1. The van der Waals surface area contributed by atoms with Gasteiger partial charge in [-0.15, -0.1) is 0 Å². The predicted octanol–water partition coefficient (Wildman–Crippen LogP) is 11.8. The van der Waals surface area contributed by atoms with E-state index in [1.165, 1.54) is 9.80 Å². The number of anilines is 4. The molecule has 8 nitrogen and oxygen atoms in total. The van der Waals surface area contributed by atoms with Gasteiger partial charge in [0.1, 0.15) is 0 Å². The summed E-state index contributed by atoms with van der Waals surface area (Å²) in [6.45, 7) is 8.37. The SMILES string of the molecule is CC(C)c1cccc(C(C)C)c1N1C(=O)C2=C3C4=C(C=CC3C1=O)c1ccc3c5c(ccc(c15)C4C=C2)C(=O)N(c1ccc(-c2ccc(-c4cc(N(C)C)ccc4N(C)C)cc2)cc1)C3=O. The molecule has 6 aromatic rings. The lowest BCUT2D eigenvalue weighted by molar-refractivity contribution is -0.126. The summed E-state index contributed by atoms with van der Waals surface area (Å²) in [5.74, 6) is -2.01. The Kier molecular flexibility index (Phi) is 9.35. The number of amides is 4. The molecule has 0 fully saturated rings. The lowest BCUT2D eigenvalue weighted by Gasteiger charge is -2.43. The van der Waals surface area contributed by atoms with E-state index in [-0.39, 0.29) is 41.4 Å². The van der Waals surface area contributed by atoms with Crippen molar-refractivity contribution in [1.82, 2.24) is 0 Å². The number of carbonyl (C=O) groups excluding carboxylic acids is 4. The largest absolute Gasteiger partial charge is 0.378 e. The summed E-state index contributed by atoms with van der Waals surface area (Å²) in [6.07, 6.45) is 7.89. The molecule has 326 valence electrons. The van der Waals surface area contributed by atoms with Gasteiger partial charge in [-0.05, 0) is 115 Å². The molecular weight excluding hydrogens is 817 g/mol. The molecular formula is C58H50N4O4. The maximum Gasteiger partial charge on any atom is 0.265 e. The number of imide groups is 2. The fourth-order valence-corrected chi connectivity index (χ4v) is 10.9. The zero-order valence-corrected chi connectivity index (χ0v) is 38.4. The van der Waals surface area contributed by atoms with Gasteiger partial charge >= 0.3 is 0 Å². The van der Waals surface area contributed by atoms with Gasteiger partial charge in [0, 0.05) is 73.1 Å². The standard InChI is InChI=1S/C58H50N4O4/c1-31(2)38-10-9-11-39(32(3)4)54(38)62-57(65)46-27-23-42-40-21-25-44-52-45(26-22-41(50(40)52)43-24-28-47(58(62)66)53(46)51(42)43)56(64)61(55(44)63)36-18-16-34(17-19-36)33-12-14-35(15-13-33)48-30-37(59(5)6)20-29-49(48)60(7)8/h9-32,42,47H,1-8H3. The van der Waals surface area contributed by atoms with E-state index in [0.29, 0.717) is 33.5 Å². The summed E-state index contributed by atoms with van der Waals surface area (Å²) in [7, 11) is 8.19. The van der Waals surface area contributed by atoms with Crippen molar-refractivity contribution in [3.8, 4) is 22.3 Å². The van der Waals surface area contributed by atoms with Crippen LogP contribution in [0.25, 0.3) is 38.6 Å². The second kappa shape index (κ2) is 15.0. The highest BCUT2D eigenvalue weighted by molar-refractivity contribution is 6.37. The minimum absolute atomic E-state index is 0.102. The Hall–Kier alpha value is -7.58. The highest BCUT2D eigenvalue weighted by atomic mass is 16.2. The fourth-order valence-electron chi connectivity index (χ4n) is 10.9. The number of para-hydroxylation sites is 1. The smallest absolute Gasteiger partial charge is 0.265 e. The average molecular weight is 867 g/mol. The molecule has 0 spiro atoms. The minimum Gasteiger partial charge on any atom is -0.378 e. The zero-order chi connectivity index (χ0) is 46.0. The van der Waals surface area contributed by atoms with Gasteiger partial charge in [-0.3, -0.25) is 19.2 Å². The monoisotopic (exact) mass is 866 g/mol. The van der Waals surface area contributed by atoms with E-state index in [1.54, 1.807) is 0 Å². The van der Waals surface area contributed by atoms with Crippen LogP contribution in [-0.2, 0) is 9.59 Å². The van der Waals surface area contributed by atoms with Gasteiger partial charge < -0.3 is 9.80 Å². The number of allylic oxidation sites excluding steroid dienone is 4. The molecule has 0 saturated carbocycles. The molecule has 4 amide bonds. The summed E-state index contributed by atoms with van der Waals surface area (Å²) in [5.41, 5.74) is 15.5. The number of fused-ring (bicyclic) bond motifs is 2. The highest BCUT2D eigenvalue weighted by Crippen LogP contribution is 2.56. The Balaban J connectivity index is 0.931. The first-order valence-electron chi connectivity index (χ1n) is 22.8. The number of benzene rings is 6. The number of nitrogens with zero attached hydrogens (tertiary/aromatic N) is 4. The van der Waals surface area contributed by atoms with Crippen LogP contribution in [0.3, 0.4) is 0 Å². The number of carbonyl (C=O) groups is 4. The molecule has 5 aliphatic rings. The first kappa shape index (κ1) is 41.1. The summed E-state index contributed by atoms with van der Waals surface area (Å²) in [5, 5.41) is 1.50. The maximum atomic E-state index is 14.8. The van der Waals surface area contributed by atoms with Crippen molar-refractivity contribution >= 4 is 62.7 Å². The van der Waals surface area contributed by atoms with Crippen LogP contribution < -0.4 is 19.6 Å². The predicted molar refractivity (Wildman–Crippen MR) is 267 cm³/mol. The molecule has 0 saturated heterocycles. The highest BCUT2D eigenvalue weighted by Gasteiger charge is 2.48. The molecule has 8 heteroatoms. The van der Waals surface area contributed by atoms with E-state index in [4.69, 9.17) is 0 Å². The van der Waals surface area contributed by atoms with Crippen LogP contribution in [0.5, 0.6) is 0 Å². The molecule has 11 rings (SSSR count). The van der Waals surface area contributed by atoms with Crippen LogP contribution >= 0.6 is 0 Å². The van der Waals surface area contributed by atoms with Gasteiger partial charge in [-0.2, -0.15) is 0 Å². The van der Waals surface area contributed by atoms with Crippen molar-refractivity contribution < 1.29 is 19.2 Å². The Morgan fingerprint density at radius 3 is 1.68 bits per heavy atom. The van der Waals surface area contributed by atoms with Crippen LogP contribution in [0.4, 0.5) is 22.7 Å². The van der Waals surface area contributed by atoms with Gasteiger partial charge in [0.15, 0.2) is 0 Å². The van der Waals surface area contributed by atoms with Crippen LogP contribution in [-0.4, -0.2) is 51.8 Å². The molecule has 2 heterocycles. The summed E-state index contributed by atoms with van der Waals surface area (Å²) in [4.78, 5) is 65.6. The van der Waals surface area contributed by atoms with E-state index in [0.717, 1.165) is 78.0 Å². The molecule has 0 radical (unpaired) electrons. The molecule has 0 N–H and O–H groups in total. The lowest BCUT2D eigenvalue weighted by Crippen LogP contribution is -2.49. The van der Waals surface area contributed by atoms with Gasteiger partial charge in [0.05, 0.1) is 17.3 Å². The van der Waals surface area contributed by atoms with Gasteiger partial charge in [-0.1, -0.05) is 119 Å². The van der Waals surface area contributed by atoms with Crippen molar-refractivity contribution in [3.05, 3.63) is 184 Å². The molecule has 2 aliphatic heterocycles. The second-order valence-corrected chi connectivity index (χ2v) is 19.1. The molecule has 2 unspecified atom stereocenters. The number of hydrogen-bond acceptors (Lipinski definition) is 6. The van der Waals surface area contributed by atoms with E-state index in [1.807, 2.05) is 99.1 Å². The van der Waals surface area contributed by atoms with E-state index >= 15 is 0 Å². The van der Waals surface area contributed by atoms with E-state index in [2.05, 4.69) is 100 Å². The average Bonchev–Trinajstić information content (AvgIpc) is 3.32. The molecule has 2 atom stereocenters. The quantitative estimate of drug-likeness (QED) is 0.142. The molecule has 6 aromatic carbocycles. The van der Waals surface area contributed by atoms with Crippen LogP contribution in [0.15, 0.2) is 150 Å². The van der Waals surface area contributed by atoms with Crippen molar-refractivity contribution in [2.75, 3.05) is 47.8 Å². The topological polar surface area (TPSA) is 81.2 Å². The normalized spacial score (nSPS) is 18.1. The van der Waals surface area contributed by atoms with Crippen LogP contribution in [0.2, 0.25) is 0 Å². The summed E-state index contributed by atoms with van der Waals surface area (Å²) < 4.78 is 0. The van der Waals surface area contributed by atoms with Crippen molar-refractivity contribution in [3.63, 3.8) is 0 Å². The number of rotatable bonds is 8. The minimum atomic E-state index is -0.636. The third-order valence-electron chi connectivity index (χ3n) is 14.2. The first-order chi connectivity index (χ1) is 31.7. The Morgan fingerprint density at radius 1 is 0.500 bits per heavy atom.